The summed E-state index contributed by atoms with van der Waals surface area (Å²) >= 11 is 0. The predicted molar refractivity (Wildman–Crippen MR) is 170 cm³/mol. The molecule has 3 N–H and O–H groups in total. The van der Waals surface area contributed by atoms with Gasteiger partial charge in [-0.15, -0.1) is 0 Å². The molecule has 1 aromatic carbocycles. The number of rotatable bonds is 22. The minimum absolute atomic E-state index is 0.0170. The first-order valence-electron chi connectivity index (χ1n) is 14.8. The average Bonchev–Trinajstić information content (AvgIpc) is 2.97. The summed E-state index contributed by atoms with van der Waals surface area (Å²) in [5.41, 5.74) is 0.429. The molecule has 6 heteroatoms. The molecule has 222 valence electrons. The average molecular weight is 561 g/mol. The Morgan fingerprint density at radius 1 is 0.732 bits per heavy atom. The first kappa shape index (κ1) is 35.1. The third-order valence-electron chi connectivity index (χ3n) is 6.02. The van der Waals surface area contributed by atoms with Crippen molar-refractivity contribution >= 4 is 17.8 Å². The van der Waals surface area contributed by atoms with E-state index in [4.69, 9.17) is 0 Å². The molecule has 0 aliphatic rings. The Bertz CT molecular complexity index is 1040. The van der Waals surface area contributed by atoms with Gasteiger partial charge >= 0.3 is 5.97 Å². The normalized spacial score (nSPS) is 12.9. The van der Waals surface area contributed by atoms with Crippen LogP contribution in [0.5, 0.6) is 0 Å². The fourth-order valence-electron chi connectivity index (χ4n) is 3.73. The number of aliphatic carboxylic acids is 1. The van der Waals surface area contributed by atoms with Crippen molar-refractivity contribution in [3.05, 3.63) is 109 Å². The highest BCUT2D eigenvalue weighted by molar-refractivity contribution is 5.96. The van der Waals surface area contributed by atoms with E-state index in [9.17, 15) is 19.5 Å². The quantitative estimate of drug-likeness (QED) is 0.100. The second-order valence-electron chi connectivity index (χ2n) is 9.53. The number of carboxylic acids is 1. The van der Waals surface area contributed by atoms with E-state index in [1.807, 2.05) is 6.08 Å². The lowest BCUT2D eigenvalue weighted by Crippen LogP contribution is -2.40. The number of hydrogen-bond donors (Lipinski definition) is 3. The maximum atomic E-state index is 12.2. The Kier molecular flexibility index (Phi) is 21.5. The molecule has 0 bridgehead atoms. The standard InChI is InChI=1S/C35H48N2O4/c1-2-3-4-5-6-7-8-9-10-11-12-13-14-15-16-17-18-19-23-29-33(38)36-30-25-24-28-32(35(40)41)37-34(39)31-26-21-20-22-27-31/h3-4,6-7,9-10,12-13,15-16,18-22,26-27,32H,2,5,8,11,14,17,23-25,28-30H2,1H3,(H,36,38)(H,37,39)(H,40,41). The topological polar surface area (TPSA) is 95.5 Å². The molecule has 0 aliphatic carbocycles. The second-order valence-corrected chi connectivity index (χ2v) is 9.53. The largest absolute Gasteiger partial charge is 0.480 e. The van der Waals surface area contributed by atoms with Crippen molar-refractivity contribution in [1.82, 2.24) is 10.6 Å². The van der Waals surface area contributed by atoms with Gasteiger partial charge < -0.3 is 15.7 Å². The summed E-state index contributed by atoms with van der Waals surface area (Å²) in [7, 11) is 0. The van der Waals surface area contributed by atoms with Gasteiger partial charge in [-0.05, 0) is 76.3 Å². The molecule has 0 saturated carbocycles. The van der Waals surface area contributed by atoms with Crippen LogP contribution in [0.15, 0.2) is 103 Å². The fourth-order valence-corrected chi connectivity index (χ4v) is 3.73. The molecule has 0 heterocycles. The van der Waals surface area contributed by atoms with Crippen molar-refractivity contribution < 1.29 is 19.5 Å². The van der Waals surface area contributed by atoms with Crippen LogP contribution in [-0.4, -0.2) is 35.5 Å². The second kappa shape index (κ2) is 25.1. The van der Waals surface area contributed by atoms with E-state index in [0.29, 0.717) is 44.2 Å². The van der Waals surface area contributed by atoms with E-state index in [2.05, 4.69) is 84.4 Å². The molecule has 0 spiro atoms. The zero-order valence-electron chi connectivity index (χ0n) is 24.5. The number of nitrogens with one attached hydrogen (secondary N) is 2. The summed E-state index contributed by atoms with van der Waals surface area (Å²) in [5, 5.41) is 14.8. The number of carboxylic acid groups (broad SMARTS) is 1. The number of amides is 2. The van der Waals surface area contributed by atoms with Crippen molar-refractivity contribution in [3.63, 3.8) is 0 Å². The molecular formula is C35H48N2O4. The number of unbranched alkanes of at least 4 members (excludes halogenated alkanes) is 1. The monoisotopic (exact) mass is 560 g/mol. The number of allylic oxidation sites excluding steroid dienone is 12. The molecule has 41 heavy (non-hydrogen) atoms. The van der Waals surface area contributed by atoms with Crippen LogP contribution in [0.1, 0.15) is 87.9 Å². The summed E-state index contributed by atoms with van der Waals surface area (Å²) in [6, 6.07) is 7.59. The zero-order chi connectivity index (χ0) is 29.8. The van der Waals surface area contributed by atoms with Gasteiger partial charge in [0.25, 0.3) is 5.91 Å². The Labute approximate surface area is 246 Å². The Morgan fingerprint density at radius 3 is 1.76 bits per heavy atom. The number of hydrogen-bond acceptors (Lipinski definition) is 3. The predicted octanol–water partition coefficient (Wildman–Crippen LogP) is 7.63. The van der Waals surface area contributed by atoms with Gasteiger partial charge in [0.1, 0.15) is 6.04 Å². The summed E-state index contributed by atoms with van der Waals surface area (Å²) in [6.45, 7) is 2.63. The van der Waals surface area contributed by atoms with Gasteiger partial charge in [0.2, 0.25) is 5.91 Å². The van der Waals surface area contributed by atoms with Crippen LogP contribution in [-0.2, 0) is 9.59 Å². The summed E-state index contributed by atoms with van der Waals surface area (Å²) in [5.74, 6) is -1.48. The third-order valence-corrected chi connectivity index (χ3v) is 6.02. The minimum Gasteiger partial charge on any atom is -0.480 e. The Hall–Kier alpha value is -3.93. The van der Waals surface area contributed by atoms with Crippen LogP contribution in [0, 0.1) is 0 Å². The van der Waals surface area contributed by atoms with Gasteiger partial charge in [-0.25, -0.2) is 4.79 Å². The summed E-state index contributed by atoms with van der Waals surface area (Å²) in [4.78, 5) is 35.7. The van der Waals surface area contributed by atoms with E-state index in [1.165, 1.54) is 0 Å². The molecule has 0 saturated heterocycles. The van der Waals surface area contributed by atoms with Crippen molar-refractivity contribution in [2.75, 3.05) is 6.54 Å². The van der Waals surface area contributed by atoms with Gasteiger partial charge in [-0.1, -0.05) is 98.0 Å². The highest BCUT2D eigenvalue weighted by atomic mass is 16.4. The molecule has 1 rings (SSSR count). The lowest BCUT2D eigenvalue weighted by atomic mass is 10.1. The lowest BCUT2D eigenvalue weighted by molar-refractivity contribution is -0.139. The van der Waals surface area contributed by atoms with E-state index in [1.54, 1.807) is 30.3 Å². The van der Waals surface area contributed by atoms with E-state index in [-0.39, 0.29) is 5.91 Å². The molecule has 2 amide bonds. The van der Waals surface area contributed by atoms with Gasteiger partial charge in [-0.3, -0.25) is 9.59 Å². The highest BCUT2D eigenvalue weighted by Crippen LogP contribution is 2.05. The Balaban J connectivity index is 2.04. The van der Waals surface area contributed by atoms with Crippen molar-refractivity contribution in [3.8, 4) is 0 Å². The Morgan fingerprint density at radius 2 is 1.24 bits per heavy atom. The molecule has 0 aliphatic heterocycles. The SMILES string of the molecule is CCC=CCC=CCC=CCC=CCC=CCC=CCCC(=O)NCCCCC(NC(=O)c1ccccc1)C(=O)O. The van der Waals surface area contributed by atoms with Crippen molar-refractivity contribution in [1.29, 1.82) is 0 Å². The molecule has 1 unspecified atom stereocenters. The van der Waals surface area contributed by atoms with Gasteiger partial charge in [0.05, 0.1) is 0 Å². The third kappa shape index (κ3) is 20.6. The fraction of sp³-hybridized carbons (Fsp3) is 0.400. The minimum atomic E-state index is -1.06. The molecule has 0 fully saturated rings. The first-order chi connectivity index (χ1) is 20.0. The maximum absolute atomic E-state index is 12.2. The van der Waals surface area contributed by atoms with Crippen molar-refractivity contribution in [2.45, 2.75) is 83.6 Å². The van der Waals surface area contributed by atoms with Gasteiger partial charge in [0.15, 0.2) is 0 Å². The van der Waals surface area contributed by atoms with E-state index >= 15 is 0 Å². The number of carbonyl (C=O) groups is 3. The van der Waals surface area contributed by atoms with Crippen LogP contribution in [0.25, 0.3) is 0 Å². The van der Waals surface area contributed by atoms with Crippen LogP contribution in [0.2, 0.25) is 0 Å². The van der Waals surface area contributed by atoms with Gasteiger partial charge in [0, 0.05) is 18.5 Å². The van der Waals surface area contributed by atoms with Crippen molar-refractivity contribution in [2.24, 2.45) is 0 Å². The first-order valence-corrected chi connectivity index (χ1v) is 14.8. The molecule has 6 nitrogen and oxygen atoms in total. The van der Waals surface area contributed by atoms with Gasteiger partial charge in [-0.2, -0.15) is 0 Å². The van der Waals surface area contributed by atoms with Crippen LogP contribution in [0.3, 0.4) is 0 Å². The zero-order valence-corrected chi connectivity index (χ0v) is 24.5. The molecule has 0 radical (unpaired) electrons. The molecule has 1 atom stereocenters. The molecule has 0 aromatic heterocycles. The summed E-state index contributed by atoms with van der Waals surface area (Å²) in [6.07, 6.45) is 34.3. The lowest BCUT2D eigenvalue weighted by Gasteiger charge is -2.14. The molecular weight excluding hydrogens is 512 g/mol. The number of benzene rings is 1. The molecule has 1 aromatic rings. The van der Waals surface area contributed by atoms with Crippen LogP contribution >= 0.6 is 0 Å². The van der Waals surface area contributed by atoms with Crippen LogP contribution < -0.4 is 10.6 Å². The number of carbonyl (C=O) groups excluding carboxylic acids is 2. The van der Waals surface area contributed by atoms with E-state index < -0.39 is 17.9 Å². The highest BCUT2D eigenvalue weighted by Gasteiger charge is 2.20. The summed E-state index contributed by atoms with van der Waals surface area (Å²) < 4.78 is 0. The van der Waals surface area contributed by atoms with Crippen LogP contribution in [0.4, 0.5) is 0 Å². The smallest absolute Gasteiger partial charge is 0.326 e. The maximum Gasteiger partial charge on any atom is 0.326 e. The van der Waals surface area contributed by atoms with E-state index in [0.717, 1.165) is 38.5 Å².